The topological polar surface area (TPSA) is 105 Å². The average molecular weight is 381 g/mol. The Morgan fingerprint density at radius 3 is 2.33 bits per heavy atom. The molecule has 0 saturated carbocycles. The number of ether oxygens (including phenoxy) is 2. The number of likely N-dealkylation sites (N-methyl/N-ethyl adjacent to an activating group) is 1. The van der Waals surface area contributed by atoms with Gasteiger partial charge in [0.1, 0.15) is 12.7 Å². The minimum atomic E-state index is -0.675. The van der Waals surface area contributed by atoms with Crippen molar-refractivity contribution in [3.8, 4) is 0 Å². The van der Waals surface area contributed by atoms with Crippen LogP contribution < -0.4 is 5.32 Å². The molecule has 1 fully saturated rings. The van der Waals surface area contributed by atoms with Gasteiger partial charge in [0.25, 0.3) is 0 Å². The highest BCUT2D eigenvalue weighted by atomic mass is 16.5. The largest absolute Gasteiger partial charge is 0.461 e. The number of carbonyl (C=O) groups is 4. The monoisotopic (exact) mass is 381 g/mol. The molecule has 1 N–H and O–H groups in total. The predicted octanol–water partition coefficient (Wildman–Crippen LogP) is -0.516. The van der Waals surface area contributed by atoms with E-state index in [0.717, 1.165) is 0 Å². The highest BCUT2D eigenvalue weighted by Crippen LogP contribution is 2.07. The fourth-order valence-electron chi connectivity index (χ4n) is 2.19. The summed E-state index contributed by atoms with van der Waals surface area (Å²) in [6, 6.07) is 0. The van der Waals surface area contributed by atoms with Crippen LogP contribution in [0.4, 0.5) is 0 Å². The third-order valence-corrected chi connectivity index (χ3v) is 3.80. The predicted molar refractivity (Wildman–Crippen MR) is 97.6 cm³/mol. The van der Waals surface area contributed by atoms with Gasteiger partial charge in [-0.05, 0) is 13.8 Å². The molecule has 9 nitrogen and oxygen atoms in total. The molecule has 150 valence electrons. The van der Waals surface area contributed by atoms with Crippen LogP contribution in [0.15, 0.2) is 24.3 Å². The molecule has 0 aliphatic carbocycles. The van der Waals surface area contributed by atoms with Crippen molar-refractivity contribution >= 4 is 23.8 Å². The van der Waals surface area contributed by atoms with Crippen molar-refractivity contribution < 1.29 is 28.7 Å². The van der Waals surface area contributed by atoms with E-state index in [-0.39, 0.29) is 25.3 Å². The SMILES string of the molecule is C=C(C)C(=O)OCCNCC(CN1CCN(C)C(=O)C1=O)OC(=O)C(=C)C. The van der Waals surface area contributed by atoms with Gasteiger partial charge < -0.3 is 24.6 Å². The molecule has 0 aromatic rings. The Morgan fingerprint density at radius 2 is 1.74 bits per heavy atom. The standard InChI is InChI=1S/C18H27N3O6/c1-12(2)17(24)26-9-6-19-10-14(27-18(25)13(3)4)11-21-8-7-20(5)15(22)16(21)23/h14,19H,1,3,6-11H2,2,4-5H3. The van der Waals surface area contributed by atoms with E-state index in [9.17, 15) is 19.2 Å². The van der Waals surface area contributed by atoms with E-state index in [1.54, 1.807) is 14.0 Å². The molecule has 1 atom stereocenters. The normalized spacial score (nSPS) is 15.4. The number of piperazine rings is 1. The summed E-state index contributed by atoms with van der Waals surface area (Å²) in [4.78, 5) is 49.8. The fourth-order valence-corrected chi connectivity index (χ4v) is 2.19. The van der Waals surface area contributed by atoms with Crippen LogP contribution in [-0.2, 0) is 28.7 Å². The van der Waals surface area contributed by atoms with Gasteiger partial charge in [0.2, 0.25) is 0 Å². The second kappa shape index (κ2) is 10.5. The Bertz CT molecular complexity index is 631. The fraction of sp³-hybridized carbons (Fsp3) is 0.556. The van der Waals surface area contributed by atoms with Crippen LogP contribution in [0.2, 0.25) is 0 Å². The molecular formula is C18H27N3O6. The molecule has 0 bridgehead atoms. The van der Waals surface area contributed by atoms with E-state index in [1.807, 2.05) is 0 Å². The first-order valence-electron chi connectivity index (χ1n) is 8.57. The first kappa shape index (κ1) is 22.4. The van der Waals surface area contributed by atoms with Crippen molar-refractivity contribution in [2.75, 3.05) is 46.4 Å². The van der Waals surface area contributed by atoms with Crippen molar-refractivity contribution in [2.24, 2.45) is 0 Å². The number of hydrogen-bond donors (Lipinski definition) is 1. The lowest BCUT2D eigenvalue weighted by molar-refractivity contribution is -0.158. The van der Waals surface area contributed by atoms with Gasteiger partial charge >= 0.3 is 23.8 Å². The van der Waals surface area contributed by atoms with Gasteiger partial charge in [0.05, 0.1) is 6.54 Å². The van der Waals surface area contributed by atoms with Crippen LogP contribution in [0.5, 0.6) is 0 Å². The minimum absolute atomic E-state index is 0.0794. The maximum Gasteiger partial charge on any atom is 0.333 e. The lowest BCUT2D eigenvalue weighted by Crippen LogP contribution is -2.55. The molecule has 0 radical (unpaired) electrons. The molecule has 0 aromatic heterocycles. The number of amides is 2. The summed E-state index contributed by atoms with van der Waals surface area (Å²) in [6.45, 7) is 11.6. The molecule has 1 aliphatic rings. The summed E-state index contributed by atoms with van der Waals surface area (Å²) < 4.78 is 10.3. The van der Waals surface area contributed by atoms with Gasteiger partial charge in [-0.1, -0.05) is 13.2 Å². The molecule has 1 saturated heterocycles. The van der Waals surface area contributed by atoms with Crippen LogP contribution in [-0.4, -0.2) is 86.0 Å². The molecule has 0 aromatic carbocycles. The van der Waals surface area contributed by atoms with E-state index in [4.69, 9.17) is 9.47 Å². The van der Waals surface area contributed by atoms with Crippen molar-refractivity contribution in [1.82, 2.24) is 15.1 Å². The van der Waals surface area contributed by atoms with Gasteiger partial charge in [-0.2, -0.15) is 0 Å². The summed E-state index contributed by atoms with van der Waals surface area (Å²) in [5.41, 5.74) is 0.540. The second-order valence-corrected chi connectivity index (χ2v) is 6.41. The summed E-state index contributed by atoms with van der Waals surface area (Å²) >= 11 is 0. The van der Waals surface area contributed by atoms with Gasteiger partial charge in [-0.3, -0.25) is 9.59 Å². The van der Waals surface area contributed by atoms with E-state index in [2.05, 4.69) is 18.5 Å². The lowest BCUT2D eigenvalue weighted by atomic mass is 10.2. The zero-order valence-corrected chi connectivity index (χ0v) is 16.1. The average Bonchev–Trinajstić information content (AvgIpc) is 2.61. The lowest BCUT2D eigenvalue weighted by Gasteiger charge is -2.33. The maximum atomic E-state index is 12.1. The number of rotatable bonds is 10. The maximum absolute atomic E-state index is 12.1. The summed E-state index contributed by atoms with van der Waals surface area (Å²) in [5.74, 6) is -2.28. The van der Waals surface area contributed by atoms with Crippen molar-refractivity contribution in [3.05, 3.63) is 24.3 Å². The number of nitrogens with one attached hydrogen (secondary N) is 1. The van der Waals surface area contributed by atoms with Crippen LogP contribution in [0.3, 0.4) is 0 Å². The van der Waals surface area contributed by atoms with E-state index < -0.39 is 29.9 Å². The first-order chi connectivity index (χ1) is 12.6. The highest BCUT2D eigenvalue weighted by Gasteiger charge is 2.32. The smallest absolute Gasteiger partial charge is 0.333 e. The molecule has 1 aliphatic heterocycles. The number of esters is 2. The first-order valence-corrected chi connectivity index (χ1v) is 8.57. The van der Waals surface area contributed by atoms with Crippen molar-refractivity contribution in [1.29, 1.82) is 0 Å². The molecule has 1 rings (SSSR count). The molecule has 1 heterocycles. The summed E-state index contributed by atoms with van der Waals surface area (Å²) in [6.07, 6.45) is -0.675. The molecular weight excluding hydrogens is 354 g/mol. The zero-order valence-electron chi connectivity index (χ0n) is 16.1. The molecule has 9 heteroatoms. The van der Waals surface area contributed by atoms with Crippen LogP contribution in [0.1, 0.15) is 13.8 Å². The molecule has 27 heavy (non-hydrogen) atoms. The third-order valence-electron chi connectivity index (χ3n) is 3.80. The molecule has 0 spiro atoms. The molecule has 2 amide bonds. The summed E-state index contributed by atoms with van der Waals surface area (Å²) in [7, 11) is 1.56. The van der Waals surface area contributed by atoms with Gasteiger partial charge in [0, 0.05) is 44.4 Å². The Kier molecular flexibility index (Phi) is 8.67. The Balaban J connectivity index is 2.57. The quantitative estimate of drug-likeness (QED) is 0.235. The summed E-state index contributed by atoms with van der Waals surface area (Å²) in [5, 5.41) is 3.00. The van der Waals surface area contributed by atoms with Crippen LogP contribution in [0, 0.1) is 0 Å². The second-order valence-electron chi connectivity index (χ2n) is 6.41. The number of hydrogen-bond acceptors (Lipinski definition) is 7. The van der Waals surface area contributed by atoms with E-state index in [1.165, 1.54) is 16.7 Å². The number of nitrogens with zero attached hydrogens (tertiary/aromatic N) is 2. The Labute approximate surface area is 159 Å². The van der Waals surface area contributed by atoms with Gasteiger partial charge in [0.15, 0.2) is 0 Å². The van der Waals surface area contributed by atoms with Crippen LogP contribution in [0.25, 0.3) is 0 Å². The van der Waals surface area contributed by atoms with Crippen molar-refractivity contribution in [2.45, 2.75) is 20.0 Å². The van der Waals surface area contributed by atoms with E-state index in [0.29, 0.717) is 25.2 Å². The van der Waals surface area contributed by atoms with E-state index >= 15 is 0 Å². The highest BCUT2D eigenvalue weighted by molar-refractivity contribution is 6.35. The Morgan fingerprint density at radius 1 is 1.11 bits per heavy atom. The van der Waals surface area contributed by atoms with Crippen LogP contribution >= 0.6 is 0 Å². The van der Waals surface area contributed by atoms with Crippen molar-refractivity contribution in [3.63, 3.8) is 0 Å². The minimum Gasteiger partial charge on any atom is -0.461 e. The van der Waals surface area contributed by atoms with Gasteiger partial charge in [-0.25, -0.2) is 9.59 Å². The van der Waals surface area contributed by atoms with Gasteiger partial charge in [-0.15, -0.1) is 0 Å². The zero-order chi connectivity index (χ0) is 20.6. The Hall–Kier alpha value is -2.68. The molecule has 1 unspecified atom stereocenters. The third kappa shape index (κ3) is 7.22. The number of carbonyl (C=O) groups excluding carboxylic acids is 4.